The van der Waals surface area contributed by atoms with Gasteiger partial charge in [-0.1, -0.05) is 0 Å². The molecule has 0 aromatic heterocycles. The van der Waals surface area contributed by atoms with Gasteiger partial charge in [0.05, 0.1) is 14.2 Å². The minimum Gasteiger partial charge on any atom is -0.507 e. The van der Waals surface area contributed by atoms with Gasteiger partial charge in [0.15, 0.2) is 11.5 Å². The van der Waals surface area contributed by atoms with Crippen LogP contribution in [0.3, 0.4) is 0 Å². The SMILES string of the molecule is COC1=CC(=O)C=C(C)C1C(=O)Oc1c(C)c(C)c(C(=O)Oc2cc(C)c(C(=O)Oc3cc(C)c(C(=O)O)c(OC)c3)c(O)c2C)c(O)c1Br. The number of hydrogen-bond acceptors (Lipinski definition) is 12. The normalized spacial score (nSPS) is 13.9. The molecule has 14 heteroatoms. The molecule has 0 spiro atoms. The number of aromatic carboxylic acids is 1. The Balaban J connectivity index is 1.62. The highest BCUT2D eigenvalue weighted by Crippen LogP contribution is 2.44. The molecule has 0 radical (unpaired) electrons. The number of esters is 3. The van der Waals surface area contributed by atoms with Gasteiger partial charge < -0.3 is 39.0 Å². The predicted molar refractivity (Wildman–Crippen MR) is 180 cm³/mol. The third-order valence-corrected chi connectivity index (χ3v) is 8.96. The van der Waals surface area contributed by atoms with Gasteiger partial charge in [0, 0.05) is 17.7 Å². The summed E-state index contributed by atoms with van der Waals surface area (Å²) in [5.41, 5.74) is 0.769. The van der Waals surface area contributed by atoms with Gasteiger partial charge in [-0.3, -0.25) is 9.59 Å². The van der Waals surface area contributed by atoms with E-state index in [0.717, 1.165) is 0 Å². The van der Waals surface area contributed by atoms with E-state index < -0.39 is 41.3 Å². The van der Waals surface area contributed by atoms with E-state index in [0.29, 0.717) is 11.1 Å². The second kappa shape index (κ2) is 14.5. The highest BCUT2D eigenvalue weighted by Gasteiger charge is 2.34. The zero-order valence-electron chi connectivity index (χ0n) is 28.3. The van der Waals surface area contributed by atoms with Crippen LogP contribution < -0.4 is 18.9 Å². The van der Waals surface area contributed by atoms with Crippen LogP contribution in [0.4, 0.5) is 0 Å². The van der Waals surface area contributed by atoms with Crippen LogP contribution >= 0.6 is 15.9 Å². The van der Waals surface area contributed by atoms with E-state index in [2.05, 4.69) is 15.9 Å². The van der Waals surface area contributed by atoms with Crippen molar-refractivity contribution in [2.45, 2.75) is 41.5 Å². The fraction of sp³-hybridized carbons (Fsp3) is 0.250. The lowest BCUT2D eigenvalue weighted by Gasteiger charge is -2.23. The van der Waals surface area contributed by atoms with E-state index in [1.165, 1.54) is 72.3 Å². The Bertz CT molecular complexity index is 2030. The lowest BCUT2D eigenvalue weighted by atomic mass is 9.92. The summed E-state index contributed by atoms with van der Waals surface area (Å²) in [7, 11) is 2.59. The minimum atomic E-state index is -1.22. The summed E-state index contributed by atoms with van der Waals surface area (Å²) in [6.07, 6.45) is 2.47. The number of allylic oxidation sites excluding steroid dienone is 2. The third-order valence-electron chi connectivity index (χ3n) is 8.22. The standard InChI is InChI=1S/C36H33BrO13/c1-14-9-20(38)12-23(46-7)26(14)34(43)50-32-18(5)17(4)28(31(40)29(32)37)36(45)49-22-11-16(3)27(30(39)19(22)6)35(44)48-21-10-15(2)25(33(41)42)24(13-21)47-8/h9-13,26,39-40H,1-8H3,(H,41,42). The Labute approximate surface area is 294 Å². The molecule has 0 heterocycles. The first-order valence-electron chi connectivity index (χ1n) is 14.8. The number of rotatable bonds is 9. The molecule has 0 aliphatic heterocycles. The maximum atomic E-state index is 13.5. The number of phenolic OH excluding ortho intramolecular Hbond substituents is 2. The average molecular weight is 754 g/mol. The van der Waals surface area contributed by atoms with Crippen molar-refractivity contribution in [1.29, 1.82) is 0 Å². The van der Waals surface area contributed by atoms with Crippen molar-refractivity contribution in [3.05, 3.63) is 90.7 Å². The average Bonchev–Trinajstić information content (AvgIpc) is 3.03. The number of hydrogen-bond donors (Lipinski definition) is 3. The first-order valence-corrected chi connectivity index (χ1v) is 15.6. The maximum absolute atomic E-state index is 13.5. The molecule has 13 nitrogen and oxygen atoms in total. The van der Waals surface area contributed by atoms with E-state index in [1.807, 2.05) is 0 Å². The lowest BCUT2D eigenvalue weighted by molar-refractivity contribution is -0.137. The Morgan fingerprint density at radius 2 is 1.32 bits per heavy atom. The smallest absolute Gasteiger partial charge is 0.347 e. The van der Waals surface area contributed by atoms with E-state index in [4.69, 9.17) is 23.7 Å². The van der Waals surface area contributed by atoms with Gasteiger partial charge in [-0.05, 0) is 104 Å². The number of carboxylic acid groups (broad SMARTS) is 1. The van der Waals surface area contributed by atoms with Gasteiger partial charge in [-0.2, -0.15) is 0 Å². The molecule has 1 unspecified atom stereocenters. The summed E-state index contributed by atoms with van der Waals surface area (Å²) in [5, 5.41) is 31.6. The fourth-order valence-corrected chi connectivity index (χ4v) is 6.06. The zero-order valence-corrected chi connectivity index (χ0v) is 29.9. The summed E-state index contributed by atoms with van der Waals surface area (Å²) >= 11 is 3.22. The summed E-state index contributed by atoms with van der Waals surface area (Å²) in [5.74, 6) is -6.65. The van der Waals surface area contributed by atoms with Crippen molar-refractivity contribution in [2.75, 3.05) is 14.2 Å². The predicted octanol–water partition coefficient (Wildman–Crippen LogP) is 6.13. The summed E-state index contributed by atoms with van der Waals surface area (Å²) in [6.45, 7) is 9.03. The molecule has 0 fully saturated rings. The largest absolute Gasteiger partial charge is 0.507 e. The van der Waals surface area contributed by atoms with Crippen LogP contribution in [0.15, 0.2) is 46.2 Å². The molecule has 1 aliphatic rings. The van der Waals surface area contributed by atoms with Gasteiger partial charge in [0.25, 0.3) is 0 Å². The van der Waals surface area contributed by atoms with E-state index in [9.17, 15) is 39.3 Å². The van der Waals surface area contributed by atoms with Crippen LogP contribution in [-0.2, 0) is 14.3 Å². The number of ketones is 1. The number of phenols is 2. The number of ether oxygens (including phenoxy) is 5. The molecule has 3 aromatic carbocycles. The molecule has 4 rings (SSSR count). The fourth-order valence-electron chi connectivity index (χ4n) is 5.48. The number of halogens is 1. The third kappa shape index (κ3) is 6.92. The van der Waals surface area contributed by atoms with Gasteiger partial charge >= 0.3 is 23.9 Å². The van der Waals surface area contributed by atoms with Gasteiger partial charge in [0.1, 0.15) is 61.6 Å². The summed E-state index contributed by atoms with van der Waals surface area (Å²) in [6, 6.07) is 3.90. The number of methoxy groups -OCH3 is 2. The van der Waals surface area contributed by atoms with Crippen LogP contribution in [0.25, 0.3) is 0 Å². The van der Waals surface area contributed by atoms with Gasteiger partial charge in [-0.15, -0.1) is 0 Å². The number of carbonyl (C=O) groups is 5. The molecule has 3 N–H and O–H groups in total. The number of carbonyl (C=O) groups excluding carboxylic acids is 4. The molecule has 0 amide bonds. The van der Waals surface area contributed by atoms with Crippen LogP contribution in [0.5, 0.6) is 34.5 Å². The topological polar surface area (TPSA) is 192 Å². The lowest BCUT2D eigenvalue weighted by Crippen LogP contribution is -2.28. The highest BCUT2D eigenvalue weighted by molar-refractivity contribution is 9.10. The monoisotopic (exact) mass is 752 g/mol. The highest BCUT2D eigenvalue weighted by atomic mass is 79.9. The molecule has 0 saturated carbocycles. The quantitative estimate of drug-likeness (QED) is 0.167. The number of carboxylic acids is 1. The Kier molecular flexibility index (Phi) is 10.8. The number of aromatic hydroxyl groups is 2. The van der Waals surface area contributed by atoms with Crippen molar-refractivity contribution in [1.82, 2.24) is 0 Å². The Hall–Kier alpha value is -5.63. The zero-order chi connectivity index (χ0) is 37.4. The Morgan fingerprint density at radius 1 is 0.700 bits per heavy atom. The number of aryl methyl sites for hydroxylation is 2. The molecule has 1 aliphatic carbocycles. The van der Waals surface area contributed by atoms with Gasteiger partial charge in [0.2, 0.25) is 0 Å². The van der Waals surface area contributed by atoms with E-state index in [1.54, 1.807) is 13.8 Å². The first kappa shape index (κ1) is 37.2. The van der Waals surface area contributed by atoms with Crippen molar-refractivity contribution in [3.8, 4) is 34.5 Å². The second-order valence-electron chi connectivity index (χ2n) is 11.5. The molecular formula is C36H33BrO13. The van der Waals surface area contributed by atoms with Crippen LogP contribution in [-0.4, -0.2) is 59.2 Å². The molecule has 262 valence electrons. The van der Waals surface area contributed by atoms with Crippen LogP contribution in [0.1, 0.15) is 65.8 Å². The second-order valence-corrected chi connectivity index (χ2v) is 12.2. The molecule has 0 bridgehead atoms. The molecule has 1 atom stereocenters. The van der Waals surface area contributed by atoms with Crippen molar-refractivity contribution < 1.29 is 63.0 Å². The minimum absolute atomic E-state index is 0.000701. The summed E-state index contributed by atoms with van der Waals surface area (Å²) < 4.78 is 26.9. The van der Waals surface area contributed by atoms with Crippen LogP contribution in [0.2, 0.25) is 0 Å². The maximum Gasteiger partial charge on any atom is 0.347 e. The van der Waals surface area contributed by atoms with E-state index in [-0.39, 0.29) is 78.0 Å². The van der Waals surface area contributed by atoms with Crippen molar-refractivity contribution in [3.63, 3.8) is 0 Å². The molecule has 50 heavy (non-hydrogen) atoms. The molecular weight excluding hydrogens is 720 g/mol. The van der Waals surface area contributed by atoms with Crippen molar-refractivity contribution in [2.24, 2.45) is 5.92 Å². The van der Waals surface area contributed by atoms with Crippen molar-refractivity contribution >= 4 is 45.6 Å². The first-order chi connectivity index (χ1) is 23.4. The summed E-state index contributed by atoms with van der Waals surface area (Å²) in [4.78, 5) is 63.4. The number of benzene rings is 3. The molecule has 0 saturated heterocycles. The van der Waals surface area contributed by atoms with E-state index >= 15 is 0 Å². The Morgan fingerprint density at radius 3 is 1.92 bits per heavy atom. The van der Waals surface area contributed by atoms with Gasteiger partial charge in [-0.25, -0.2) is 14.4 Å². The molecule has 3 aromatic rings. The van der Waals surface area contributed by atoms with Crippen LogP contribution in [0, 0.1) is 40.5 Å².